The van der Waals surface area contributed by atoms with Gasteiger partial charge in [-0.25, -0.2) is 4.39 Å². The number of aliphatic hydroxyl groups excluding tert-OH is 1. The Kier molecular flexibility index (Phi) is 3.66. The first-order valence-electron chi connectivity index (χ1n) is 3.77. The van der Waals surface area contributed by atoms with Gasteiger partial charge in [0.1, 0.15) is 11.9 Å². The fourth-order valence-corrected chi connectivity index (χ4v) is 1.36. The second-order valence-electron chi connectivity index (χ2n) is 2.61. The van der Waals surface area contributed by atoms with Gasteiger partial charge in [0.05, 0.1) is 6.61 Å². The molecule has 0 aromatic heterocycles. The monoisotopic (exact) mass is 204 g/mol. The highest BCUT2D eigenvalue weighted by molar-refractivity contribution is 6.31. The first-order chi connectivity index (χ1) is 6.16. The minimum absolute atomic E-state index is 0.0284. The van der Waals surface area contributed by atoms with Crippen molar-refractivity contribution < 1.29 is 14.2 Å². The quantitative estimate of drug-likeness (QED) is 0.818. The maximum Gasteiger partial charge on any atom is 0.130 e. The SMILES string of the molecule is COCC(O)c1c(F)cccc1Cl. The Morgan fingerprint density at radius 2 is 2.31 bits per heavy atom. The van der Waals surface area contributed by atoms with E-state index in [0.29, 0.717) is 0 Å². The summed E-state index contributed by atoms with van der Waals surface area (Å²) in [5.74, 6) is -0.517. The number of hydrogen-bond acceptors (Lipinski definition) is 2. The third kappa shape index (κ3) is 2.40. The summed E-state index contributed by atoms with van der Waals surface area (Å²) in [4.78, 5) is 0. The molecule has 1 atom stereocenters. The van der Waals surface area contributed by atoms with E-state index in [1.165, 1.54) is 25.3 Å². The number of aliphatic hydroxyl groups is 1. The van der Waals surface area contributed by atoms with Gasteiger partial charge >= 0.3 is 0 Å². The van der Waals surface area contributed by atoms with E-state index in [2.05, 4.69) is 0 Å². The highest BCUT2D eigenvalue weighted by Crippen LogP contribution is 2.25. The summed E-state index contributed by atoms with van der Waals surface area (Å²) >= 11 is 5.70. The molecule has 0 saturated carbocycles. The lowest BCUT2D eigenvalue weighted by Crippen LogP contribution is -2.07. The lowest BCUT2D eigenvalue weighted by Gasteiger charge is -2.11. The minimum atomic E-state index is -1.02. The van der Waals surface area contributed by atoms with Gasteiger partial charge < -0.3 is 9.84 Å². The minimum Gasteiger partial charge on any atom is -0.386 e. The van der Waals surface area contributed by atoms with Crippen LogP contribution in [0.5, 0.6) is 0 Å². The average Bonchev–Trinajstić information content (AvgIpc) is 2.04. The molecule has 0 bridgehead atoms. The molecule has 1 aromatic rings. The smallest absolute Gasteiger partial charge is 0.130 e. The van der Waals surface area contributed by atoms with Gasteiger partial charge in [0.25, 0.3) is 0 Å². The molecule has 1 N–H and O–H groups in total. The van der Waals surface area contributed by atoms with Gasteiger partial charge in [-0.15, -0.1) is 0 Å². The number of halogens is 2. The fourth-order valence-electron chi connectivity index (χ4n) is 1.07. The average molecular weight is 205 g/mol. The van der Waals surface area contributed by atoms with Crippen LogP contribution in [-0.2, 0) is 4.74 Å². The van der Waals surface area contributed by atoms with Crippen molar-refractivity contribution in [1.29, 1.82) is 0 Å². The predicted molar refractivity (Wildman–Crippen MR) is 48.2 cm³/mol. The van der Waals surface area contributed by atoms with Crippen LogP contribution in [0.1, 0.15) is 11.7 Å². The van der Waals surface area contributed by atoms with E-state index in [9.17, 15) is 9.50 Å². The predicted octanol–water partition coefficient (Wildman–Crippen LogP) is 2.16. The van der Waals surface area contributed by atoms with Crippen LogP contribution in [0.2, 0.25) is 5.02 Å². The zero-order valence-corrected chi connectivity index (χ0v) is 7.88. The standard InChI is InChI=1S/C9H10ClFO2/c1-13-5-8(12)9-6(10)3-2-4-7(9)11/h2-4,8,12H,5H2,1H3. The molecule has 0 aliphatic carbocycles. The Bertz CT molecular complexity index is 271. The van der Waals surface area contributed by atoms with E-state index in [0.717, 1.165) is 0 Å². The van der Waals surface area contributed by atoms with Crippen LogP contribution in [0.15, 0.2) is 18.2 Å². The molecule has 72 valence electrons. The first-order valence-corrected chi connectivity index (χ1v) is 4.15. The molecule has 2 nitrogen and oxygen atoms in total. The normalized spacial score (nSPS) is 12.9. The summed E-state index contributed by atoms with van der Waals surface area (Å²) < 4.78 is 17.8. The molecule has 0 amide bonds. The van der Waals surface area contributed by atoms with E-state index >= 15 is 0 Å². The molecule has 0 fully saturated rings. The maximum absolute atomic E-state index is 13.1. The lowest BCUT2D eigenvalue weighted by atomic mass is 10.1. The highest BCUT2D eigenvalue weighted by Gasteiger charge is 2.15. The zero-order chi connectivity index (χ0) is 9.84. The third-order valence-corrected chi connectivity index (χ3v) is 1.99. The summed E-state index contributed by atoms with van der Waals surface area (Å²) in [5.41, 5.74) is 0.0889. The van der Waals surface area contributed by atoms with Crippen molar-refractivity contribution in [1.82, 2.24) is 0 Å². The van der Waals surface area contributed by atoms with E-state index in [-0.39, 0.29) is 17.2 Å². The maximum atomic E-state index is 13.1. The van der Waals surface area contributed by atoms with Gasteiger partial charge in [0.2, 0.25) is 0 Å². The molecule has 0 spiro atoms. The highest BCUT2D eigenvalue weighted by atomic mass is 35.5. The van der Waals surface area contributed by atoms with Gasteiger partial charge in [-0.1, -0.05) is 17.7 Å². The zero-order valence-electron chi connectivity index (χ0n) is 7.13. The summed E-state index contributed by atoms with van der Waals surface area (Å²) in [7, 11) is 1.43. The molecule has 1 unspecified atom stereocenters. The van der Waals surface area contributed by atoms with E-state index in [4.69, 9.17) is 16.3 Å². The molecule has 0 saturated heterocycles. The molecular weight excluding hydrogens is 195 g/mol. The van der Waals surface area contributed by atoms with Crippen molar-refractivity contribution in [2.24, 2.45) is 0 Å². The molecule has 1 rings (SSSR count). The molecule has 0 aliphatic heterocycles. The Morgan fingerprint density at radius 3 is 2.85 bits per heavy atom. The number of methoxy groups -OCH3 is 1. The number of benzene rings is 1. The summed E-state index contributed by atoms with van der Waals surface area (Å²) in [6, 6.07) is 4.26. The van der Waals surface area contributed by atoms with Crippen molar-refractivity contribution in [3.8, 4) is 0 Å². The second-order valence-corrected chi connectivity index (χ2v) is 3.01. The van der Waals surface area contributed by atoms with Crippen molar-refractivity contribution in [2.75, 3.05) is 13.7 Å². The van der Waals surface area contributed by atoms with E-state index in [1.807, 2.05) is 0 Å². The van der Waals surface area contributed by atoms with Gasteiger partial charge in [-0.05, 0) is 12.1 Å². The summed E-state index contributed by atoms with van der Waals surface area (Å²) in [5, 5.41) is 9.65. The number of hydrogen-bond donors (Lipinski definition) is 1. The summed E-state index contributed by atoms with van der Waals surface area (Å²) in [6.07, 6.45) is -1.02. The molecule has 13 heavy (non-hydrogen) atoms. The van der Waals surface area contributed by atoms with Crippen LogP contribution in [0.4, 0.5) is 4.39 Å². The third-order valence-electron chi connectivity index (χ3n) is 1.66. The van der Waals surface area contributed by atoms with Crippen LogP contribution in [-0.4, -0.2) is 18.8 Å². The van der Waals surface area contributed by atoms with Gasteiger partial charge in [-0.2, -0.15) is 0 Å². The van der Waals surface area contributed by atoms with Crippen LogP contribution >= 0.6 is 11.6 Å². The van der Waals surface area contributed by atoms with Gasteiger partial charge in [0, 0.05) is 17.7 Å². The van der Waals surface area contributed by atoms with Gasteiger partial charge in [0.15, 0.2) is 0 Å². The lowest BCUT2D eigenvalue weighted by molar-refractivity contribution is 0.0622. The molecule has 4 heteroatoms. The molecule has 0 heterocycles. The molecule has 0 aliphatic rings. The fraction of sp³-hybridized carbons (Fsp3) is 0.333. The van der Waals surface area contributed by atoms with Crippen molar-refractivity contribution >= 4 is 11.6 Å². The van der Waals surface area contributed by atoms with Crippen LogP contribution in [0.3, 0.4) is 0 Å². The van der Waals surface area contributed by atoms with Crippen molar-refractivity contribution in [3.05, 3.63) is 34.6 Å². The first kappa shape index (κ1) is 10.4. The Balaban J connectivity index is 2.98. The molecule has 0 radical (unpaired) electrons. The van der Waals surface area contributed by atoms with Crippen LogP contribution in [0, 0.1) is 5.82 Å². The van der Waals surface area contributed by atoms with E-state index in [1.54, 1.807) is 0 Å². The van der Waals surface area contributed by atoms with Crippen molar-refractivity contribution in [3.63, 3.8) is 0 Å². The Hall–Kier alpha value is -0.640. The largest absolute Gasteiger partial charge is 0.386 e. The number of rotatable bonds is 3. The van der Waals surface area contributed by atoms with Crippen LogP contribution < -0.4 is 0 Å². The molecular formula is C9H10ClFO2. The topological polar surface area (TPSA) is 29.5 Å². The Labute approximate surface area is 80.9 Å². The Morgan fingerprint density at radius 1 is 1.62 bits per heavy atom. The second kappa shape index (κ2) is 4.56. The number of ether oxygens (including phenoxy) is 1. The summed E-state index contributed by atoms with van der Waals surface area (Å²) in [6.45, 7) is 0.0284. The van der Waals surface area contributed by atoms with E-state index < -0.39 is 11.9 Å². The van der Waals surface area contributed by atoms with Crippen LogP contribution in [0.25, 0.3) is 0 Å². The van der Waals surface area contributed by atoms with Crippen molar-refractivity contribution in [2.45, 2.75) is 6.10 Å². The molecule has 1 aromatic carbocycles. The van der Waals surface area contributed by atoms with Gasteiger partial charge in [-0.3, -0.25) is 0 Å².